The summed E-state index contributed by atoms with van der Waals surface area (Å²) < 4.78 is 1.78. The Morgan fingerprint density at radius 1 is 1.19 bits per heavy atom. The van der Waals surface area contributed by atoms with E-state index in [1.807, 2.05) is 13.8 Å². The molecule has 1 atom stereocenters. The summed E-state index contributed by atoms with van der Waals surface area (Å²) in [4.78, 5) is 27.8. The van der Waals surface area contributed by atoms with Crippen molar-refractivity contribution in [1.82, 2.24) is 20.0 Å². The Hall–Kier alpha value is -2.93. The van der Waals surface area contributed by atoms with Gasteiger partial charge in [0.25, 0.3) is 5.91 Å². The van der Waals surface area contributed by atoms with Gasteiger partial charge >= 0.3 is 0 Å². The summed E-state index contributed by atoms with van der Waals surface area (Å²) in [6, 6.07) is 10.7. The van der Waals surface area contributed by atoms with Crippen LogP contribution in [-0.2, 0) is 11.2 Å². The number of aromatic nitrogens is 2. The number of nitrogens with one attached hydrogen (secondary N) is 1. The molecule has 6 nitrogen and oxygen atoms in total. The molecule has 0 radical (unpaired) electrons. The normalized spacial score (nSPS) is 18.5. The molecule has 0 spiro atoms. The fourth-order valence-electron chi connectivity index (χ4n) is 4.27. The third-order valence-electron chi connectivity index (χ3n) is 6.08. The molecule has 3 heterocycles. The van der Waals surface area contributed by atoms with Crippen LogP contribution < -0.4 is 5.32 Å². The number of hydrogen-bond acceptors (Lipinski definition) is 4. The minimum atomic E-state index is -0.623. The summed E-state index contributed by atoms with van der Waals surface area (Å²) in [6.07, 6.45) is 4.65. The van der Waals surface area contributed by atoms with E-state index in [9.17, 15) is 9.59 Å². The molecule has 1 unspecified atom stereocenters. The summed E-state index contributed by atoms with van der Waals surface area (Å²) in [7, 11) is 1.67. The predicted octanol–water partition coefficient (Wildman–Crippen LogP) is 4.01. The van der Waals surface area contributed by atoms with E-state index in [4.69, 9.17) is 0 Å². The number of thiophene rings is 1. The van der Waals surface area contributed by atoms with Gasteiger partial charge in [-0.3, -0.25) is 14.3 Å². The molecule has 0 aliphatic carbocycles. The van der Waals surface area contributed by atoms with Gasteiger partial charge in [-0.2, -0.15) is 16.4 Å². The number of likely N-dealkylation sites (tertiary alicyclic amines) is 1. The van der Waals surface area contributed by atoms with E-state index in [1.54, 1.807) is 40.4 Å². The highest BCUT2D eigenvalue weighted by Gasteiger charge is 2.45. The maximum absolute atomic E-state index is 13.1. The number of carbonyl (C=O) groups is 2. The molecule has 31 heavy (non-hydrogen) atoms. The van der Waals surface area contributed by atoms with Crippen LogP contribution in [0.15, 0.2) is 53.5 Å². The zero-order chi connectivity index (χ0) is 22.0. The van der Waals surface area contributed by atoms with Crippen molar-refractivity contribution in [1.29, 1.82) is 0 Å². The van der Waals surface area contributed by atoms with Gasteiger partial charge in [0.05, 0.1) is 17.2 Å². The van der Waals surface area contributed by atoms with Crippen LogP contribution >= 0.6 is 11.3 Å². The van der Waals surface area contributed by atoms with Gasteiger partial charge in [-0.15, -0.1) is 0 Å². The number of carbonyl (C=O) groups excluding carboxylic acids is 2. The standard InChI is InChI=1S/C24H28N4O2S/c1-17(2)28-14-21(13-26-28)22(29)27-10-9-24(16-27,23(30)25-3)12-18-4-6-19(7-5-18)20-8-11-31-15-20/h4-8,11,13-15,17H,9-10,12,16H2,1-3H3,(H,25,30). The predicted molar refractivity (Wildman–Crippen MR) is 123 cm³/mol. The van der Waals surface area contributed by atoms with Crippen molar-refractivity contribution >= 4 is 23.2 Å². The van der Waals surface area contributed by atoms with E-state index < -0.39 is 5.41 Å². The Balaban J connectivity index is 1.52. The van der Waals surface area contributed by atoms with Crippen molar-refractivity contribution in [3.63, 3.8) is 0 Å². The fourth-order valence-corrected chi connectivity index (χ4v) is 4.93. The minimum Gasteiger partial charge on any atom is -0.359 e. The van der Waals surface area contributed by atoms with Gasteiger partial charge in [0.1, 0.15) is 0 Å². The van der Waals surface area contributed by atoms with Crippen LogP contribution in [0.25, 0.3) is 11.1 Å². The summed E-state index contributed by atoms with van der Waals surface area (Å²) in [5.74, 6) is -0.0759. The van der Waals surface area contributed by atoms with E-state index in [-0.39, 0.29) is 17.9 Å². The average molecular weight is 437 g/mol. The van der Waals surface area contributed by atoms with Crippen LogP contribution in [-0.4, -0.2) is 46.6 Å². The molecule has 3 aromatic rings. The Kier molecular flexibility index (Phi) is 5.96. The molecule has 1 fully saturated rings. The smallest absolute Gasteiger partial charge is 0.257 e. The first-order chi connectivity index (χ1) is 14.9. The van der Waals surface area contributed by atoms with Crippen LogP contribution in [0.2, 0.25) is 0 Å². The van der Waals surface area contributed by atoms with Gasteiger partial charge in [0.2, 0.25) is 5.91 Å². The topological polar surface area (TPSA) is 67.2 Å². The van der Waals surface area contributed by atoms with E-state index >= 15 is 0 Å². The second-order valence-electron chi connectivity index (χ2n) is 8.52. The molecule has 1 saturated heterocycles. The molecule has 1 aromatic carbocycles. The van der Waals surface area contributed by atoms with Gasteiger partial charge in [0.15, 0.2) is 0 Å². The molecule has 4 rings (SSSR count). The monoisotopic (exact) mass is 436 g/mol. The Morgan fingerprint density at radius 3 is 2.58 bits per heavy atom. The average Bonchev–Trinajstić information content (AvgIpc) is 3.54. The quantitative estimate of drug-likeness (QED) is 0.635. The highest BCUT2D eigenvalue weighted by Crippen LogP contribution is 2.36. The Morgan fingerprint density at radius 2 is 1.97 bits per heavy atom. The zero-order valence-electron chi connectivity index (χ0n) is 18.2. The molecule has 2 amide bonds. The van der Waals surface area contributed by atoms with E-state index in [2.05, 4.69) is 51.5 Å². The first kappa shape index (κ1) is 21.3. The van der Waals surface area contributed by atoms with Crippen LogP contribution in [0.5, 0.6) is 0 Å². The molecule has 1 N–H and O–H groups in total. The van der Waals surface area contributed by atoms with Gasteiger partial charge in [0, 0.05) is 32.4 Å². The van der Waals surface area contributed by atoms with Crippen molar-refractivity contribution < 1.29 is 9.59 Å². The molecule has 2 aromatic heterocycles. The van der Waals surface area contributed by atoms with E-state index in [0.717, 1.165) is 5.56 Å². The molecular weight excluding hydrogens is 408 g/mol. The third kappa shape index (κ3) is 4.28. The molecule has 1 aliphatic rings. The highest BCUT2D eigenvalue weighted by molar-refractivity contribution is 7.08. The lowest BCUT2D eigenvalue weighted by Crippen LogP contribution is -2.44. The van der Waals surface area contributed by atoms with Crippen LogP contribution in [0, 0.1) is 5.41 Å². The van der Waals surface area contributed by atoms with E-state index in [0.29, 0.717) is 31.5 Å². The maximum Gasteiger partial charge on any atom is 0.257 e. The molecule has 162 valence electrons. The number of hydrogen-bond donors (Lipinski definition) is 1. The zero-order valence-corrected chi connectivity index (χ0v) is 19.0. The van der Waals surface area contributed by atoms with Crippen molar-refractivity contribution in [2.45, 2.75) is 32.7 Å². The van der Waals surface area contributed by atoms with Gasteiger partial charge in [-0.25, -0.2) is 0 Å². The number of amides is 2. The van der Waals surface area contributed by atoms with Crippen molar-refractivity contribution in [2.24, 2.45) is 5.41 Å². The molecule has 7 heteroatoms. The molecule has 0 saturated carbocycles. The van der Waals surface area contributed by atoms with Gasteiger partial charge in [-0.05, 0) is 60.2 Å². The lowest BCUT2D eigenvalue weighted by atomic mass is 9.79. The second kappa shape index (κ2) is 8.67. The van der Waals surface area contributed by atoms with E-state index in [1.165, 1.54) is 11.1 Å². The molecule has 0 bridgehead atoms. The molecular formula is C24H28N4O2S. The fraction of sp³-hybridized carbons (Fsp3) is 0.375. The highest BCUT2D eigenvalue weighted by atomic mass is 32.1. The SMILES string of the molecule is CNC(=O)C1(Cc2ccc(-c3ccsc3)cc2)CCN(C(=O)c2cnn(C(C)C)c2)C1. The summed E-state index contributed by atoms with van der Waals surface area (Å²) in [5.41, 5.74) is 3.43. The summed E-state index contributed by atoms with van der Waals surface area (Å²) in [6.45, 7) is 5.02. The second-order valence-corrected chi connectivity index (χ2v) is 9.30. The minimum absolute atomic E-state index is 0.0115. The van der Waals surface area contributed by atoms with Crippen molar-refractivity contribution in [3.05, 3.63) is 64.6 Å². The first-order valence-electron chi connectivity index (χ1n) is 10.6. The number of nitrogens with zero attached hydrogens (tertiary/aromatic N) is 3. The Bertz CT molecular complexity index is 1060. The van der Waals surface area contributed by atoms with Crippen LogP contribution in [0.4, 0.5) is 0 Å². The Labute approximate surface area is 186 Å². The lowest BCUT2D eigenvalue weighted by Gasteiger charge is -2.27. The van der Waals surface area contributed by atoms with Crippen molar-refractivity contribution in [2.75, 3.05) is 20.1 Å². The lowest BCUT2D eigenvalue weighted by molar-refractivity contribution is -0.129. The number of benzene rings is 1. The van der Waals surface area contributed by atoms with Gasteiger partial charge in [-0.1, -0.05) is 24.3 Å². The van der Waals surface area contributed by atoms with Crippen LogP contribution in [0.1, 0.15) is 42.2 Å². The number of rotatable bonds is 6. The first-order valence-corrected chi connectivity index (χ1v) is 11.5. The summed E-state index contributed by atoms with van der Waals surface area (Å²) >= 11 is 1.68. The summed E-state index contributed by atoms with van der Waals surface area (Å²) in [5, 5.41) is 11.3. The third-order valence-corrected chi connectivity index (χ3v) is 6.76. The molecule has 1 aliphatic heterocycles. The van der Waals surface area contributed by atoms with Gasteiger partial charge < -0.3 is 10.2 Å². The largest absolute Gasteiger partial charge is 0.359 e. The van der Waals surface area contributed by atoms with Crippen LogP contribution in [0.3, 0.4) is 0 Å². The maximum atomic E-state index is 13.1. The van der Waals surface area contributed by atoms with Crippen molar-refractivity contribution in [3.8, 4) is 11.1 Å².